The maximum Gasteiger partial charge on any atom is 0.410 e. The summed E-state index contributed by atoms with van der Waals surface area (Å²) in [6.45, 7) is 2.03. The van der Waals surface area contributed by atoms with E-state index >= 15 is 0 Å². The number of methoxy groups -OCH3 is 1. The highest BCUT2D eigenvalue weighted by atomic mass is 16.6. The molecule has 2 aromatic carbocycles. The molecule has 0 bridgehead atoms. The number of esters is 1. The van der Waals surface area contributed by atoms with Gasteiger partial charge in [0.1, 0.15) is 13.2 Å². The van der Waals surface area contributed by atoms with Gasteiger partial charge in [-0.25, -0.2) is 14.3 Å². The van der Waals surface area contributed by atoms with Crippen LogP contribution in [0, 0.1) is 0 Å². The number of carbonyl (C=O) groups is 2. The van der Waals surface area contributed by atoms with Gasteiger partial charge in [0.15, 0.2) is 0 Å². The first-order chi connectivity index (χ1) is 16.6. The number of ether oxygens (including phenoxy) is 3. The average Bonchev–Trinajstić information content (AvgIpc) is 3.51. The molecule has 8 nitrogen and oxygen atoms in total. The lowest BCUT2D eigenvalue weighted by molar-refractivity contribution is 0.0600. The normalized spacial score (nSPS) is 16.9. The van der Waals surface area contributed by atoms with Crippen molar-refractivity contribution in [3.63, 3.8) is 0 Å². The highest BCUT2D eigenvalue weighted by Crippen LogP contribution is 2.38. The second kappa shape index (κ2) is 9.43. The number of carbonyl (C=O) groups excluding carboxylic acids is 2. The molecular formula is C26H25N3O5. The molecule has 5 rings (SSSR count). The van der Waals surface area contributed by atoms with Crippen LogP contribution in [0.5, 0.6) is 5.88 Å². The maximum atomic E-state index is 13.1. The van der Waals surface area contributed by atoms with E-state index in [0.29, 0.717) is 25.1 Å². The van der Waals surface area contributed by atoms with Crippen LogP contribution >= 0.6 is 0 Å². The van der Waals surface area contributed by atoms with E-state index in [4.69, 9.17) is 14.2 Å². The number of fused-ring (bicyclic) bond motifs is 1. The monoisotopic (exact) mass is 459 g/mol. The minimum Gasteiger partial charge on any atom is -0.475 e. The van der Waals surface area contributed by atoms with Crippen LogP contribution in [-0.4, -0.2) is 47.0 Å². The molecule has 3 aromatic rings. The molecule has 0 saturated heterocycles. The Kier molecular flexibility index (Phi) is 6.03. The number of benzene rings is 2. The number of aromatic nitrogens is 2. The van der Waals surface area contributed by atoms with E-state index in [-0.39, 0.29) is 12.6 Å². The Labute approximate surface area is 197 Å². The van der Waals surface area contributed by atoms with E-state index in [1.54, 1.807) is 17.0 Å². The largest absolute Gasteiger partial charge is 0.475 e. The lowest BCUT2D eigenvalue weighted by atomic mass is 9.93. The van der Waals surface area contributed by atoms with Crippen LogP contribution in [0.3, 0.4) is 0 Å². The van der Waals surface area contributed by atoms with Crippen LogP contribution < -0.4 is 4.74 Å². The summed E-state index contributed by atoms with van der Waals surface area (Å²) >= 11 is 0. The van der Waals surface area contributed by atoms with Crippen molar-refractivity contribution >= 4 is 17.6 Å². The molecular weight excluding hydrogens is 434 g/mol. The first-order valence-electron chi connectivity index (χ1n) is 11.2. The fraction of sp³-hybridized carbons (Fsp3) is 0.269. The molecule has 174 valence electrons. The van der Waals surface area contributed by atoms with Crippen molar-refractivity contribution in [1.82, 2.24) is 14.7 Å². The van der Waals surface area contributed by atoms with Crippen LogP contribution in [0.1, 0.15) is 39.5 Å². The Hall–Kier alpha value is -4.07. The summed E-state index contributed by atoms with van der Waals surface area (Å²) in [5, 5.41) is 4.42. The number of hydrogen-bond donors (Lipinski definition) is 0. The molecule has 0 spiro atoms. The molecule has 2 aliphatic rings. The number of nitrogens with zero attached hydrogens (tertiary/aromatic N) is 3. The molecule has 0 unspecified atom stereocenters. The summed E-state index contributed by atoms with van der Waals surface area (Å²) in [6, 6.07) is 16.3. The van der Waals surface area contributed by atoms with Gasteiger partial charge < -0.3 is 14.2 Å². The quantitative estimate of drug-likeness (QED) is 0.531. The zero-order valence-corrected chi connectivity index (χ0v) is 18.8. The zero-order chi connectivity index (χ0) is 23.5. The molecule has 1 atom stereocenters. The summed E-state index contributed by atoms with van der Waals surface area (Å²) in [5.74, 6) is 0.365. The summed E-state index contributed by atoms with van der Waals surface area (Å²) < 4.78 is 18.1. The Bertz CT molecular complexity index is 1220. The Morgan fingerprint density at radius 3 is 2.65 bits per heavy atom. The van der Waals surface area contributed by atoms with E-state index in [9.17, 15) is 9.59 Å². The summed E-state index contributed by atoms with van der Waals surface area (Å²) in [7, 11) is 1.35. The molecule has 2 aliphatic heterocycles. The summed E-state index contributed by atoms with van der Waals surface area (Å²) in [5.41, 5.74) is 4.26. The van der Waals surface area contributed by atoms with Crippen molar-refractivity contribution in [2.75, 3.05) is 20.3 Å². The van der Waals surface area contributed by atoms with Crippen molar-refractivity contribution in [2.24, 2.45) is 0 Å². The second-order valence-corrected chi connectivity index (χ2v) is 8.17. The van der Waals surface area contributed by atoms with Gasteiger partial charge in [0.2, 0.25) is 5.88 Å². The Morgan fingerprint density at radius 1 is 1.09 bits per heavy atom. The number of amides is 1. The molecule has 0 N–H and O–H groups in total. The van der Waals surface area contributed by atoms with Crippen molar-refractivity contribution in [3.05, 3.63) is 89.1 Å². The lowest BCUT2D eigenvalue weighted by Gasteiger charge is -2.34. The van der Waals surface area contributed by atoms with E-state index in [1.807, 2.05) is 53.3 Å². The van der Waals surface area contributed by atoms with Gasteiger partial charge in [0.05, 0.1) is 37.0 Å². The molecule has 34 heavy (non-hydrogen) atoms. The average molecular weight is 460 g/mol. The first kappa shape index (κ1) is 21.8. The van der Waals surface area contributed by atoms with Crippen LogP contribution in [-0.2, 0) is 22.6 Å². The molecule has 8 heteroatoms. The van der Waals surface area contributed by atoms with Gasteiger partial charge in [0, 0.05) is 6.54 Å². The number of hydrogen-bond acceptors (Lipinski definition) is 6. The van der Waals surface area contributed by atoms with Crippen molar-refractivity contribution in [1.29, 1.82) is 0 Å². The Morgan fingerprint density at radius 2 is 1.88 bits per heavy atom. The zero-order valence-electron chi connectivity index (χ0n) is 18.8. The molecule has 0 fully saturated rings. The van der Waals surface area contributed by atoms with Gasteiger partial charge in [-0.2, -0.15) is 5.10 Å². The number of rotatable bonds is 5. The third-order valence-electron chi connectivity index (χ3n) is 6.11. The predicted molar refractivity (Wildman–Crippen MR) is 124 cm³/mol. The highest BCUT2D eigenvalue weighted by molar-refractivity contribution is 5.89. The first-order valence-corrected chi connectivity index (χ1v) is 11.2. The standard InChI is InChI=1S/C26H25N3O5/c1-32-25(30)20-9-7-19(8-10-20)23-15-21(22-16-27-29-13-14-33-24(22)29)11-12-28(23)26(31)34-17-18-5-3-2-4-6-18/h2-10,15-16,23H,11-14,17H2,1H3/t23-/m0/s1. The summed E-state index contributed by atoms with van der Waals surface area (Å²) in [4.78, 5) is 26.7. The molecule has 1 amide bonds. The van der Waals surface area contributed by atoms with Crippen molar-refractivity contribution < 1.29 is 23.8 Å². The summed E-state index contributed by atoms with van der Waals surface area (Å²) in [6.07, 6.45) is 4.14. The van der Waals surface area contributed by atoms with Crippen LogP contribution in [0.15, 0.2) is 66.9 Å². The predicted octanol–water partition coefficient (Wildman–Crippen LogP) is 4.23. The molecule has 0 aliphatic carbocycles. The third-order valence-corrected chi connectivity index (χ3v) is 6.11. The molecule has 1 aromatic heterocycles. The van der Waals surface area contributed by atoms with Crippen LogP contribution in [0.25, 0.3) is 5.57 Å². The van der Waals surface area contributed by atoms with E-state index < -0.39 is 12.1 Å². The fourth-order valence-corrected chi connectivity index (χ4v) is 4.32. The maximum absolute atomic E-state index is 13.1. The minimum atomic E-state index is -0.404. The smallest absolute Gasteiger partial charge is 0.410 e. The SMILES string of the molecule is COC(=O)c1ccc([C@@H]2C=C(c3cnn4c3OCC4)CCN2C(=O)OCc2ccccc2)cc1. The minimum absolute atomic E-state index is 0.200. The van der Waals surface area contributed by atoms with Gasteiger partial charge in [-0.15, -0.1) is 0 Å². The van der Waals surface area contributed by atoms with Gasteiger partial charge in [-0.1, -0.05) is 48.5 Å². The molecule has 3 heterocycles. The van der Waals surface area contributed by atoms with Gasteiger partial charge in [-0.05, 0) is 35.3 Å². The second-order valence-electron chi connectivity index (χ2n) is 8.17. The van der Waals surface area contributed by atoms with Gasteiger partial charge in [-0.3, -0.25) is 4.90 Å². The van der Waals surface area contributed by atoms with Crippen LogP contribution in [0.2, 0.25) is 0 Å². The van der Waals surface area contributed by atoms with Crippen LogP contribution in [0.4, 0.5) is 4.79 Å². The van der Waals surface area contributed by atoms with Crippen molar-refractivity contribution in [3.8, 4) is 5.88 Å². The van der Waals surface area contributed by atoms with Gasteiger partial charge in [0.25, 0.3) is 0 Å². The molecule has 0 saturated carbocycles. The highest BCUT2D eigenvalue weighted by Gasteiger charge is 2.31. The fourth-order valence-electron chi connectivity index (χ4n) is 4.32. The third kappa shape index (κ3) is 4.26. The van der Waals surface area contributed by atoms with Crippen molar-refractivity contribution in [2.45, 2.75) is 25.6 Å². The Balaban J connectivity index is 1.43. The molecule has 0 radical (unpaired) electrons. The lowest BCUT2D eigenvalue weighted by Crippen LogP contribution is -2.37. The van der Waals surface area contributed by atoms with Gasteiger partial charge >= 0.3 is 12.1 Å². The topological polar surface area (TPSA) is 82.9 Å². The van der Waals surface area contributed by atoms with E-state index in [0.717, 1.165) is 34.7 Å². The van der Waals surface area contributed by atoms with E-state index in [2.05, 4.69) is 11.2 Å². The van der Waals surface area contributed by atoms with E-state index in [1.165, 1.54) is 7.11 Å².